The highest BCUT2D eigenvalue weighted by atomic mass is 35.5. The summed E-state index contributed by atoms with van der Waals surface area (Å²) >= 11 is 5.88. The number of H-pyrrole nitrogens is 1. The van der Waals surface area contributed by atoms with Gasteiger partial charge in [0.2, 0.25) is 11.3 Å². The molecular formula is C11H7ClN4O2. The first-order valence-corrected chi connectivity index (χ1v) is 5.51. The van der Waals surface area contributed by atoms with Gasteiger partial charge < -0.3 is 4.42 Å². The molecule has 1 N–H and O–H groups in total. The Morgan fingerprint density at radius 1 is 1.39 bits per heavy atom. The van der Waals surface area contributed by atoms with E-state index in [1.807, 2.05) is 0 Å². The normalized spacial score (nSPS) is 11.0. The predicted molar refractivity (Wildman–Crippen MR) is 65.4 cm³/mol. The van der Waals surface area contributed by atoms with Crippen LogP contribution in [0.4, 0.5) is 0 Å². The molecule has 0 fully saturated rings. The van der Waals surface area contributed by atoms with Crippen LogP contribution in [-0.4, -0.2) is 20.6 Å². The molecule has 0 atom stereocenters. The number of aromatic amines is 1. The van der Waals surface area contributed by atoms with E-state index in [4.69, 9.17) is 16.0 Å². The lowest BCUT2D eigenvalue weighted by atomic mass is 10.1. The van der Waals surface area contributed by atoms with Crippen molar-refractivity contribution in [2.45, 2.75) is 6.92 Å². The molecule has 3 aromatic rings. The maximum Gasteiger partial charge on any atom is 0.212 e. The van der Waals surface area contributed by atoms with E-state index in [0.29, 0.717) is 27.3 Å². The zero-order chi connectivity index (χ0) is 12.7. The van der Waals surface area contributed by atoms with Crippen LogP contribution in [0.1, 0.15) is 5.76 Å². The number of tetrazole rings is 1. The number of nitrogens with zero attached hydrogens (tertiary/aromatic N) is 3. The summed E-state index contributed by atoms with van der Waals surface area (Å²) in [6.07, 6.45) is 0. The Bertz CT molecular complexity index is 780. The first-order chi connectivity index (χ1) is 8.66. The van der Waals surface area contributed by atoms with Crippen LogP contribution in [0, 0.1) is 6.92 Å². The van der Waals surface area contributed by atoms with Crippen molar-refractivity contribution in [2.75, 3.05) is 0 Å². The molecule has 6 nitrogen and oxygen atoms in total. The molecule has 0 aliphatic heterocycles. The monoisotopic (exact) mass is 262 g/mol. The van der Waals surface area contributed by atoms with Gasteiger partial charge in [0.05, 0.1) is 5.39 Å². The Balaban J connectivity index is 2.43. The van der Waals surface area contributed by atoms with Crippen LogP contribution in [0.15, 0.2) is 27.4 Å². The quantitative estimate of drug-likeness (QED) is 0.724. The fourth-order valence-electron chi connectivity index (χ4n) is 1.81. The molecule has 0 aliphatic rings. The van der Waals surface area contributed by atoms with Crippen molar-refractivity contribution in [2.24, 2.45) is 0 Å². The van der Waals surface area contributed by atoms with E-state index in [0.717, 1.165) is 0 Å². The maximum atomic E-state index is 12.4. The minimum atomic E-state index is -0.224. The zero-order valence-corrected chi connectivity index (χ0v) is 10.0. The second-order valence-electron chi connectivity index (χ2n) is 3.74. The van der Waals surface area contributed by atoms with Gasteiger partial charge in [-0.05, 0) is 30.3 Å². The maximum absolute atomic E-state index is 12.4. The summed E-state index contributed by atoms with van der Waals surface area (Å²) in [6.45, 7) is 1.68. The van der Waals surface area contributed by atoms with Gasteiger partial charge in [-0.3, -0.25) is 4.79 Å². The van der Waals surface area contributed by atoms with E-state index in [9.17, 15) is 4.79 Å². The minimum absolute atomic E-state index is 0.211. The van der Waals surface area contributed by atoms with Gasteiger partial charge in [0.1, 0.15) is 16.9 Å². The summed E-state index contributed by atoms with van der Waals surface area (Å²) in [5.41, 5.74) is 0.547. The number of fused-ring (bicyclic) bond motifs is 1. The predicted octanol–water partition coefficient (Wildman–Crippen LogP) is 1.93. The molecule has 0 bridgehead atoms. The van der Waals surface area contributed by atoms with Crippen molar-refractivity contribution in [3.63, 3.8) is 0 Å². The molecule has 0 unspecified atom stereocenters. The van der Waals surface area contributed by atoms with E-state index >= 15 is 0 Å². The second kappa shape index (κ2) is 3.92. The topological polar surface area (TPSA) is 84.7 Å². The Kier molecular flexibility index (Phi) is 2.38. The van der Waals surface area contributed by atoms with Crippen molar-refractivity contribution in [1.82, 2.24) is 20.6 Å². The van der Waals surface area contributed by atoms with Crippen molar-refractivity contribution in [1.29, 1.82) is 0 Å². The standard InChI is InChI=1S/C11H7ClN4O2/c1-5-9(11-13-15-16-14-11)10(17)7-4-6(12)2-3-8(7)18-5/h2-4H,1H3,(H,13,14,15,16). The van der Waals surface area contributed by atoms with Crippen LogP contribution >= 0.6 is 11.6 Å². The number of aryl methyl sites for hydroxylation is 1. The molecule has 3 rings (SSSR count). The summed E-state index contributed by atoms with van der Waals surface area (Å²) < 4.78 is 5.57. The third-order valence-corrected chi connectivity index (χ3v) is 2.83. The lowest BCUT2D eigenvalue weighted by molar-refractivity contribution is 0.566. The van der Waals surface area contributed by atoms with Crippen LogP contribution in [0.25, 0.3) is 22.4 Å². The van der Waals surface area contributed by atoms with Crippen LogP contribution in [-0.2, 0) is 0 Å². The van der Waals surface area contributed by atoms with Gasteiger partial charge in [0, 0.05) is 5.02 Å². The molecule has 0 amide bonds. The third-order valence-electron chi connectivity index (χ3n) is 2.60. The number of halogens is 1. The van der Waals surface area contributed by atoms with E-state index in [1.54, 1.807) is 25.1 Å². The summed E-state index contributed by atoms with van der Waals surface area (Å²) in [7, 11) is 0. The Morgan fingerprint density at radius 2 is 2.22 bits per heavy atom. The van der Waals surface area contributed by atoms with Gasteiger partial charge in [-0.15, -0.1) is 10.2 Å². The van der Waals surface area contributed by atoms with E-state index < -0.39 is 0 Å². The molecule has 1 aromatic carbocycles. The highest BCUT2D eigenvalue weighted by molar-refractivity contribution is 6.31. The Labute approximate surface area is 106 Å². The van der Waals surface area contributed by atoms with Crippen LogP contribution in [0.3, 0.4) is 0 Å². The average Bonchev–Trinajstić information content (AvgIpc) is 2.84. The Morgan fingerprint density at radius 3 is 2.94 bits per heavy atom. The van der Waals surface area contributed by atoms with Crippen LogP contribution < -0.4 is 5.43 Å². The molecule has 0 saturated heterocycles. The van der Waals surface area contributed by atoms with Gasteiger partial charge in [-0.2, -0.15) is 5.21 Å². The number of hydrogen-bond donors (Lipinski definition) is 1. The number of benzene rings is 1. The third kappa shape index (κ3) is 1.58. The molecule has 18 heavy (non-hydrogen) atoms. The second-order valence-corrected chi connectivity index (χ2v) is 4.17. The van der Waals surface area contributed by atoms with Crippen molar-refractivity contribution in [3.05, 3.63) is 39.2 Å². The van der Waals surface area contributed by atoms with Gasteiger partial charge >= 0.3 is 0 Å². The molecule has 90 valence electrons. The lowest BCUT2D eigenvalue weighted by Crippen LogP contribution is -2.08. The summed E-state index contributed by atoms with van der Waals surface area (Å²) in [6, 6.07) is 4.89. The first kappa shape index (κ1) is 10.9. The number of nitrogens with one attached hydrogen (secondary N) is 1. The lowest BCUT2D eigenvalue weighted by Gasteiger charge is -2.03. The first-order valence-electron chi connectivity index (χ1n) is 5.13. The van der Waals surface area contributed by atoms with Crippen LogP contribution in [0.5, 0.6) is 0 Å². The number of rotatable bonds is 1. The number of hydrogen-bond acceptors (Lipinski definition) is 5. The molecule has 0 aliphatic carbocycles. The Hall–Kier alpha value is -2.21. The fourth-order valence-corrected chi connectivity index (χ4v) is 1.98. The van der Waals surface area contributed by atoms with E-state index in [-0.39, 0.29) is 11.3 Å². The fraction of sp³-hybridized carbons (Fsp3) is 0.0909. The van der Waals surface area contributed by atoms with Crippen molar-refractivity contribution >= 4 is 22.6 Å². The smallest absolute Gasteiger partial charge is 0.212 e. The number of aromatic nitrogens is 4. The van der Waals surface area contributed by atoms with Crippen LogP contribution in [0.2, 0.25) is 5.02 Å². The summed E-state index contributed by atoms with van der Waals surface area (Å²) in [5.74, 6) is 0.652. The highest BCUT2D eigenvalue weighted by Gasteiger charge is 2.16. The average molecular weight is 263 g/mol. The highest BCUT2D eigenvalue weighted by Crippen LogP contribution is 2.22. The van der Waals surface area contributed by atoms with Gasteiger partial charge in [0.25, 0.3) is 0 Å². The minimum Gasteiger partial charge on any atom is -0.460 e. The summed E-state index contributed by atoms with van der Waals surface area (Å²) in [5, 5.41) is 14.2. The van der Waals surface area contributed by atoms with Crippen molar-refractivity contribution in [3.8, 4) is 11.4 Å². The summed E-state index contributed by atoms with van der Waals surface area (Å²) in [4.78, 5) is 12.4. The largest absolute Gasteiger partial charge is 0.460 e. The SMILES string of the molecule is Cc1oc2ccc(Cl)cc2c(=O)c1-c1nn[nH]n1. The van der Waals surface area contributed by atoms with Gasteiger partial charge in [0.15, 0.2) is 0 Å². The molecular weight excluding hydrogens is 256 g/mol. The van der Waals surface area contributed by atoms with E-state index in [1.165, 1.54) is 0 Å². The molecule has 0 radical (unpaired) electrons. The van der Waals surface area contributed by atoms with Crippen molar-refractivity contribution < 1.29 is 4.42 Å². The molecule has 2 aromatic heterocycles. The van der Waals surface area contributed by atoms with Gasteiger partial charge in [-0.1, -0.05) is 11.6 Å². The molecule has 0 spiro atoms. The molecule has 2 heterocycles. The van der Waals surface area contributed by atoms with E-state index in [2.05, 4.69) is 20.6 Å². The molecule has 7 heteroatoms. The molecule has 0 saturated carbocycles. The van der Waals surface area contributed by atoms with Gasteiger partial charge in [-0.25, -0.2) is 0 Å². The zero-order valence-electron chi connectivity index (χ0n) is 9.27.